The van der Waals surface area contributed by atoms with Crippen LogP contribution in [0.3, 0.4) is 0 Å². The molecular weight excluding hydrogens is 238 g/mol. The van der Waals surface area contributed by atoms with Crippen LogP contribution >= 0.6 is 11.3 Å². The number of aromatic nitrogens is 2. The number of benzene rings is 1. The molecule has 2 aromatic rings. The minimum atomic E-state index is 0.542. The minimum Gasteiger partial charge on any atom is -0.497 e. The van der Waals surface area contributed by atoms with Gasteiger partial charge in [-0.3, -0.25) is 0 Å². The van der Waals surface area contributed by atoms with Crippen molar-refractivity contribution in [2.24, 2.45) is 0 Å². The summed E-state index contributed by atoms with van der Waals surface area (Å²) in [4.78, 5) is 0. The molecule has 0 atom stereocenters. The second kappa shape index (κ2) is 5.60. The van der Waals surface area contributed by atoms with Crippen LogP contribution in [0.5, 0.6) is 16.7 Å². The van der Waals surface area contributed by atoms with Gasteiger partial charge in [0, 0.05) is 6.54 Å². The molecule has 0 saturated carbocycles. The predicted molar refractivity (Wildman–Crippen MR) is 65.7 cm³/mol. The van der Waals surface area contributed by atoms with Crippen molar-refractivity contribution in [2.45, 2.75) is 6.54 Å². The molecule has 0 aliphatic heterocycles. The molecule has 90 valence electrons. The minimum absolute atomic E-state index is 0.542. The Morgan fingerprint density at radius 3 is 2.53 bits per heavy atom. The van der Waals surface area contributed by atoms with Gasteiger partial charge in [0.05, 0.1) is 7.11 Å². The largest absolute Gasteiger partial charge is 0.497 e. The Hall–Kier alpha value is -1.66. The lowest BCUT2D eigenvalue weighted by Crippen LogP contribution is -2.04. The van der Waals surface area contributed by atoms with Crippen LogP contribution in [0.1, 0.15) is 5.01 Å². The van der Waals surface area contributed by atoms with Gasteiger partial charge in [-0.2, -0.15) is 0 Å². The summed E-state index contributed by atoms with van der Waals surface area (Å²) in [6.45, 7) is 0.698. The van der Waals surface area contributed by atoms with Gasteiger partial charge in [0.1, 0.15) is 16.5 Å². The Kier molecular flexibility index (Phi) is 3.89. The van der Waals surface area contributed by atoms with Crippen LogP contribution in [-0.4, -0.2) is 24.4 Å². The van der Waals surface area contributed by atoms with Crippen molar-refractivity contribution in [3.05, 3.63) is 29.3 Å². The van der Waals surface area contributed by atoms with E-state index < -0.39 is 0 Å². The highest BCUT2D eigenvalue weighted by molar-refractivity contribution is 7.13. The van der Waals surface area contributed by atoms with Gasteiger partial charge in [-0.15, -0.1) is 5.10 Å². The zero-order valence-electron chi connectivity index (χ0n) is 9.64. The average molecular weight is 251 g/mol. The van der Waals surface area contributed by atoms with Crippen LogP contribution in [0, 0.1) is 0 Å². The number of hydrogen-bond donors (Lipinski definition) is 1. The first-order valence-electron chi connectivity index (χ1n) is 5.10. The van der Waals surface area contributed by atoms with Crippen molar-refractivity contribution in [2.75, 3.05) is 14.2 Å². The maximum absolute atomic E-state index is 5.57. The Bertz CT molecular complexity index is 470. The molecule has 0 unspecified atom stereocenters. The van der Waals surface area contributed by atoms with E-state index in [1.165, 1.54) is 11.3 Å². The van der Waals surface area contributed by atoms with Crippen molar-refractivity contribution in [1.82, 2.24) is 15.5 Å². The third-order valence-corrected chi connectivity index (χ3v) is 2.84. The molecule has 1 aromatic carbocycles. The van der Waals surface area contributed by atoms with Crippen LogP contribution in [0.4, 0.5) is 0 Å². The van der Waals surface area contributed by atoms with Gasteiger partial charge in [-0.25, -0.2) is 0 Å². The van der Waals surface area contributed by atoms with E-state index in [1.807, 2.05) is 31.3 Å². The molecule has 2 rings (SSSR count). The number of hydrogen-bond acceptors (Lipinski definition) is 6. The van der Waals surface area contributed by atoms with Gasteiger partial charge in [-0.1, -0.05) is 16.4 Å². The standard InChI is InChI=1S/C11H13N3O2S/c1-12-7-10-13-14-11(17-10)16-9-5-3-8(15-2)4-6-9/h3-6,12H,7H2,1-2H3. The van der Waals surface area contributed by atoms with Crippen LogP contribution < -0.4 is 14.8 Å². The topological polar surface area (TPSA) is 56.3 Å². The van der Waals surface area contributed by atoms with Crippen LogP contribution in [0.25, 0.3) is 0 Å². The molecule has 0 aliphatic rings. The maximum Gasteiger partial charge on any atom is 0.299 e. The van der Waals surface area contributed by atoms with Gasteiger partial charge >= 0.3 is 0 Å². The lowest BCUT2D eigenvalue weighted by molar-refractivity contribution is 0.412. The lowest BCUT2D eigenvalue weighted by Gasteiger charge is -2.02. The van der Waals surface area contributed by atoms with Crippen LogP contribution in [0.2, 0.25) is 0 Å². The zero-order chi connectivity index (χ0) is 12.1. The Labute approximate surface area is 103 Å². The zero-order valence-corrected chi connectivity index (χ0v) is 10.5. The van der Waals surface area contributed by atoms with Crippen molar-refractivity contribution in [3.63, 3.8) is 0 Å². The summed E-state index contributed by atoms with van der Waals surface area (Å²) in [6.07, 6.45) is 0. The van der Waals surface area contributed by atoms with E-state index in [0.29, 0.717) is 11.7 Å². The van der Waals surface area contributed by atoms with Gasteiger partial charge in [0.25, 0.3) is 5.19 Å². The highest BCUT2D eigenvalue weighted by Crippen LogP contribution is 2.26. The van der Waals surface area contributed by atoms with Gasteiger partial charge < -0.3 is 14.8 Å². The molecule has 17 heavy (non-hydrogen) atoms. The number of nitrogens with zero attached hydrogens (tertiary/aromatic N) is 2. The molecular formula is C11H13N3O2S. The summed E-state index contributed by atoms with van der Waals surface area (Å²) < 4.78 is 10.6. The van der Waals surface area contributed by atoms with Crippen molar-refractivity contribution >= 4 is 11.3 Å². The molecule has 0 bridgehead atoms. The van der Waals surface area contributed by atoms with Crippen molar-refractivity contribution in [1.29, 1.82) is 0 Å². The van der Waals surface area contributed by atoms with Crippen molar-refractivity contribution in [3.8, 4) is 16.7 Å². The SMILES string of the molecule is CNCc1nnc(Oc2ccc(OC)cc2)s1. The van der Waals surface area contributed by atoms with Crippen LogP contribution in [0.15, 0.2) is 24.3 Å². The average Bonchev–Trinajstić information content (AvgIpc) is 2.78. The first-order chi connectivity index (χ1) is 8.31. The van der Waals surface area contributed by atoms with E-state index in [9.17, 15) is 0 Å². The summed E-state index contributed by atoms with van der Waals surface area (Å²) >= 11 is 1.42. The molecule has 0 fully saturated rings. The predicted octanol–water partition coefficient (Wildman–Crippen LogP) is 2.06. The monoisotopic (exact) mass is 251 g/mol. The Morgan fingerprint density at radius 2 is 1.88 bits per heavy atom. The third kappa shape index (κ3) is 3.15. The van der Waals surface area contributed by atoms with E-state index in [4.69, 9.17) is 9.47 Å². The fourth-order valence-electron chi connectivity index (χ4n) is 1.25. The Morgan fingerprint density at radius 1 is 1.18 bits per heavy atom. The molecule has 0 spiro atoms. The molecule has 0 radical (unpaired) electrons. The van der Waals surface area contributed by atoms with E-state index in [1.54, 1.807) is 7.11 Å². The highest BCUT2D eigenvalue weighted by atomic mass is 32.1. The second-order valence-electron chi connectivity index (χ2n) is 3.27. The molecule has 6 heteroatoms. The number of nitrogens with one attached hydrogen (secondary N) is 1. The van der Waals surface area contributed by atoms with Crippen molar-refractivity contribution < 1.29 is 9.47 Å². The van der Waals surface area contributed by atoms with Crippen LogP contribution in [-0.2, 0) is 6.54 Å². The number of ether oxygens (including phenoxy) is 2. The summed E-state index contributed by atoms with van der Waals surface area (Å²) in [5.41, 5.74) is 0. The molecule has 1 N–H and O–H groups in total. The normalized spacial score (nSPS) is 10.2. The molecule has 1 heterocycles. The Balaban J connectivity index is 2.03. The van der Waals surface area contributed by atoms with E-state index >= 15 is 0 Å². The maximum atomic E-state index is 5.57. The van der Waals surface area contributed by atoms with E-state index in [2.05, 4.69) is 15.5 Å². The quantitative estimate of drug-likeness (QED) is 0.881. The summed E-state index contributed by atoms with van der Waals surface area (Å²) in [7, 11) is 3.50. The van der Waals surface area contributed by atoms with Gasteiger partial charge in [0.2, 0.25) is 0 Å². The number of rotatable bonds is 5. The summed E-state index contributed by atoms with van der Waals surface area (Å²) in [5.74, 6) is 1.52. The second-order valence-corrected chi connectivity index (χ2v) is 4.29. The first-order valence-corrected chi connectivity index (χ1v) is 5.92. The van der Waals surface area contributed by atoms with Gasteiger partial charge in [0.15, 0.2) is 0 Å². The lowest BCUT2D eigenvalue weighted by atomic mass is 10.3. The number of methoxy groups -OCH3 is 1. The smallest absolute Gasteiger partial charge is 0.299 e. The summed E-state index contributed by atoms with van der Waals surface area (Å²) in [5, 5.41) is 12.4. The molecule has 1 aromatic heterocycles. The molecule has 5 nitrogen and oxygen atoms in total. The molecule has 0 saturated heterocycles. The fourth-order valence-corrected chi connectivity index (χ4v) is 1.97. The van der Waals surface area contributed by atoms with Gasteiger partial charge in [-0.05, 0) is 31.3 Å². The van der Waals surface area contributed by atoms with E-state index in [0.717, 1.165) is 16.5 Å². The van der Waals surface area contributed by atoms with E-state index in [-0.39, 0.29) is 0 Å². The fraction of sp³-hybridized carbons (Fsp3) is 0.273. The third-order valence-electron chi connectivity index (χ3n) is 2.04. The first kappa shape index (κ1) is 11.8. The highest BCUT2D eigenvalue weighted by Gasteiger charge is 2.05. The molecule has 0 aliphatic carbocycles. The molecule has 0 amide bonds. The summed E-state index contributed by atoms with van der Waals surface area (Å²) in [6, 6.07) is 7.34.